The molecule has 0 radical (unpaired) electrons. The summed E-state index contributed by atoms with van der Waals surface area (Å²) >= 11 is 0. The van der Waals surface area contributed by atoms with Crippen molar-refractivity contribution in [1.82, 2.24) is 0 Å². The SMILES string of the molecule is COc1ccc(-c2oc3cc(OC4OC(C)C(O)C(O)C4O)cc(O)c3c(=O)c2OC2OC(C)C(O)C(O)C2O)cc1. The van der Waals surface area contributed by atoms with E-state index in [0.717, 1.165) is 6.07 Å². The minimum atomic E-state index is -1.74. The molecule has 2 aliphatic heterocycles. The summed E-state index contributed by atoms with van der Waals surface area (Å²) in [5.41, 5.74) is -0.705. The summed E-state index contributed by atoms with van der Waals surface area (Å²) in [5, 5.41) is 71.7. The Morgan fingerprint density at radius 2 is 1.26 bits per heavy atom. The molecule has 7 N–H and O–H groups in total. The van der Waals surface area contributed by atoms with Crippen LogP contribution in [0.3, 0.4) is 0 Å². The van der Waals surface area contributed by atoms with Crippen LogP contribution < -0.4 is 19.6 Å². The number of phenols is 1. The Morgan fingerprint density at radius 3 is 1.81 bits per heavy atom. The number of benzene rings is 2. The molecule has 2 aromatic carbocycles. The highest BCUT2D eigenvalue weighted by molar-refractivity contribution is 5.88. The highest BCUT2D eigenvalue weighted by atomic mass is 16.7. The Hall–Kier alpha value is -3.47. The second-order valence-electron chi connectivity index (χ2n) is 10.2. The summed E-state index contributed by atoms with van der Waals surface area (Å²) < 4.78 is 33.6. The average molecular weight is 593 g/mol. The highest BCUT2D eigenvalue weighted by Crippen LogP contribution is 2.38. The standard InChI is InChI=1S/C28H32O14/c1-10-18(30)21(33)23(35)27(38-10)40-14-8-15(29)17-16(9-14)41-25(12-4-6-13(37-3)7-5-12)26(20(17)32)42-28-24(36)22(34)19(31)11(2)39-28/h4-11,18-19,21-24,27-31,33-36H,1-3H3. The molecule has 0 amide bonds. The van der Waals surface area contributed by atoms with Gasteiger partial charge in [0.15, 0.2) is 5.76 Å². The van der Waals surface area contributed by atoms with Gasteiger partial charge in [0.2, 0.25) is 23.8 Å². The van der Waals surface area contributed by atoms with Gasteiger partial charge in [-0.15, -0.1) is 0 Å². The Balaban J connectivity index is 1.59. The zero-order valence-electron chi connectivity index (χ0n) is 22.7. The number of fused-ring (bicyclic) bond motifs is 1. The maximum atomic E-state index is 13.8. The van der Waals surface area contributed by atoms with Crippen molar-refractivity contribution < 1.29 is 63.8 Å². The summed E-state index contributed by atoms with van der Waals surface area (Å²) in [6, 6.07) is 8.63. The molecule has 10 atom stereocenters. The van der Waals surface area contributed by atoms with Gasteiger partial charge in [-0.25, -0.2) is 0 Å². The summed E-state index contributed by atoms with van der Waals surface area (Å²) in [6.45, 7) is 2.92. The van der Waals surface area contributed by atoms with E-state index < -0.39 is 78.3 Å². The van der Waals surface area contributed by atoms with E-state index in [1.165, 1.54) is 27.0 Å². The molecule has 1 aromatic heterocycles. The fourth-order valence-corrected chi connectivity index (χ4v) is 4.84. The molecule has 42 heavy (non-hydrogen) atoms. The third-order valence-corrected chi connectivity index (χ3v) is 7.36. The molecule has 228 valence electrons. The molecule has 2 aliphatic rings. The lowest BCUT2D eigenvalue weighted by Gasteiger charge is -2.39. The third-order valence-electron chi connectivity index (χ3n) is 7.36. The van der Waals surface area contributed by atoms with Crippen LogP contribution in [0.15, 0.2) is 45.6 Å². The summed E-state index contributed by atoms with van der Waals surface area (Å²) in [7, 11) is 1.47. The zero-order valence-corrected chi connectivity index (χ0v) is 22.7. The predicted octanol–water partition coefficient (Wildman–Crippen LogP) is -0.413. The van der Waals surface area contributed by atoms with E-state index in [1.807, 2.05) is 0 Å². The summed E-state index contributed by atoms with van der Waals surface area (Å²) in [6.07, 6.45) is -14.2. The maximum absolute atomic E-state index is 13.8. The number of ether oxygens (including phenoxy) is 5. The van der Waals surface area contributed by atoms with Crippen LogP contribution in [0.2, 0.25) is 0 Å². The second-order valence-corrected chi connectivity index (χ2v) is 10.2. The molecule has 0 spiro atoms. The average Bonchev–Trinajstić information content (AvgIpc) is 2.97. The van der Waals surface area contributed by atoms with Crippen molar-refractivity contribution in [1.29, 1.82) is 0 Å². The minimum Gasteiger partial charge on any atom is -0.507 e. The van der Waals surface area contributed by atoms with Gasteiger partial charge in [0.05, 0.1) is 19.3 Å². The maximum Gasteiger partial charge on any atom is 0.239 e. The molecule has 5 rings (SSSR count). The van der Waals surface area contributed by atoms with Crippen LogP contribution in [0.4, 0.5) is 0 Å². The summed E-state index contributed by atoms with van der Waals surface area (Å²) in [5.74, 6) is -0.808. The van der Waals surface area contributed by atoms with E-state index in [9.17, 15) is 40.5 Å². The molecule has 2 saturated heterocycles. The van der Waals surface area contributed by atoms with Crippen molar-refractivity contribution in [3.8, 4) is 34.3 Å². The number of hydrogen-bond donors (Lipinski definition) is 7. The van der Waals surface area contributed by atoms with Gasteiger partial charge in [-0.05, 0) is 38.1 Å². The van der Waals surface area contributed by atoms with E-state index in [0.29, 0.717) is 11.3 Å². The van der Waals surface area contributed by atoms with Crippen LogP contribution in [0, 0.1) is 0 Å². The van der Waals surface area contributed by atoms with Crippen molar-refractivity contribution >= 4 is 11.0 Å². The first-order valence-corrected chi connectivity index (χ1v) is 13.1. The molecule has 14 nitrogen and oxygen atoms in total. The van der Waals surface area contributed by atoms with Gasteiger partial charge in [-0.1, -0.05) is 0 Å². The van der Waals surface area contributed by atoms with Crippen molar-refractivity contribution in [2.45, 2.75) is 75.3 Å². The lowest BCUT2D eigenvalue weighted by molar-refractivity contribution is -0.268. The van der Waals surface area contributed by atoms with E-state index in [4.69, 9.17) is 28.1 Å². The minimum absolute atomic E-state index is 0.102. The highest BCUT2D eigenvalue weighted by Gasteiger charge is 2.45. The van der Waals surface area contributed by atoms with Gasteiger partial charge >= 0.3 is 0 Å². The molecule has 0 saturated carbocycles. The van der Waals surface area contributed by atoms with Crippen LogP contribution in [0.25, 0.3) is 22.3 Å². The number of aromatic hydroxyl groups is 1. The van der Waals surface area contributed by atoms with Crippen molar-refractivity contribution in [2.24, 2.45) is 0 Å². The van der Waals surface area contributed by atoms with E-state index in [2.05, 4.69) is 0 Å². The topological polar surface area (TPSA) is 218 Å². The van der Waals surface area contributed by atoms with Crippen LogP contribution in [-0.2, 0) is 9.47 Å². The largest absolute Gasteiger partial charge is 0.507 e. The molecule has 0 bridgehead atoms. The lowest BCUT2D eigenvalue weighted by atomic mass is 10.00. The smallest absolute Gasteiger partial charge is 0.239 e. The fraction of sp³-hybridized carbons (Fsp3) is 0.464. The molecular formula is C28H32O14. The van der Waals surface area contributed by atoms with Crippen LogP contribution in [0.1, 0.15) is 13.8 Å². The molecule has 3 aromatic rings. The molecule has 14 heteroatoms. The van der Waals surface area contributed by atoms with Gasteiger partial charge in [-0.3, -0.25) is 4.79 Å². The quantitative estimate of drug-likeness (QED) is 0.194. The van der Waals surface area contributed by atoms with Crippen molar-refractivity contribution in [3.05, 3.63) is 46.6 Å². The summed E-state index contributed by atoms with van der Waals surface area (Å²) in [4.78, 5) is 13.8. The molecule has 2 fully saturated rings. The third kappa shape index (κ3) is 5.39. The Kier molecular flexibility index (Phi) is 8.33. The van der Waals surface area contributed by atoms with Crippen molar-refractivity contribution in [2.75, 3.05) is 7.11 Å². The molecular weight excluding hydrogens is 560 g/mol. The first-order chi connectivity index (χ1) is 19.9. The number of methoxy groups -OCH3 is 1. The lowest BCUT2D eigenvalue weighted by Crippen LogP contribution is -2.58. The van der Waals surface area contributed by atoms with E-state index in [-0.39, 0.29) is 22.5 Å². The van der Waals surface area contributed by atoms with Gasteiger partial charge in [0, 0.05) is 17.7 Å². The Labute approximate surface area is 238 Å². The first-order valence-electron chi connectivity index (χ1n) is 13.1. The Bertz CT molecular complexity index is 1470. The number of aliphatic hydroxyl groups is 6. The number of phenolic OH excluding ortho intramolecular Hbond substituents is 1. The van der Waals surface area contributed by atoms with Gasteiger partial charge in [0.25, 0.3) is 0 Å². The normalized spacial score (nSPS) is 33.4. The number of hydrogen-bond acceptors (Lipinski definition) is 14. The number of rotatable bonds is 6. The van der Waals surface area contributed by atoms with E-state index in [1.54, 1.807) is 24.3 Å². The second kappa shape index (κ2) is 11.7. The van der Waals surface area contributed by atoms with Gasteiger partial charge in [-0.2, -0.15) is 0 Å². The zero-order chi connectivity index (χ0) is 30.5. The van der Waals surface area contributed by atoms with Crippen LogP contribution in [-0.4, -0.2) is 104 Å². The van der Waals surface area contributed by atoms with Gasteiger partial charge < -0.3 is 63.8 Å². The van der Waals surface area contributed by atoms with Crippen LogP contribution in [0.5, 0.6) is 23.0 Å². The predicted molar refractivity (Wildman–Crippen MR) is 142 cm³/mol. The Morgan fingerprint density at radius 1 is 0.714 bits per heavy atom. The molecule has 10 unspecified atom stereocenters. The number of aliphatic hydroxyl groups excluding tert-OH is 6. The first kappa shape index (κ1) is 30.0. The fourth-order valence-electron chi connectivity index (χ4n) is 4.84. The monoisotopic (exact) mass is 592 g/mol. The van der Waals surface area contributed by atoms with Crippen LogP contribution >= 0.6 is 0 Å². The van der Waals surface area contributed by atoms with Gasteiger partial charge in [0.1, 0.15) is 64.8 Å². The molecule has 0 aliphatic carbocycles. The molecule has 3 heterocycles. The van der Waals surface area contributed by atoms with E-state index >= 15 is 0 Å². The van der Waals surface area contributed by atoms with Crippen molar-refractivity contribution in [3.63, 3.8) is 0 Å².